The summed E-state index contributed by atoms with van der Waals surface area (Å²) in [6, 6.07) is 7.34. The molecule has 4 aromatic rings. The van der Waals surface area contributed by atoms with Gasteiger partial charge < -0.3 is 10.6 Å². The lowest BCUT2D eigenvalue weighted by molar-refractivity contribution is 0.0728. The standard InChI is InChI=1S/C23H19ClN6O/c1-3-13-4-5-14(26-10-13)12-30(15-6-7-15)23(31)16-8-17-20(9-19(16)24)28-22(25)18-11-27-29(2)21(17)18/h1,4-5,8-11,15H,6-7,12H2,2H3,(H2,25,28). The first-order valence-electron chi connectivity index (χ1n) is 9.89. The van der Waals surface area contributed by atoms with Crippen LogP contribution in [0.3, 0.4) is 0 Å². The van der Waals surface area contributed by atoms with Crippen molar-refractivity contribution in [2.75, 3.05) is 5.73 Å². The number of terminal acetylenes is 1. The van der Waals surface area contributed by atoms with Gasteiger partial charge in [-0.3, -0.25) is 14.5 Å². The molecule has 31 heavy (non-hydrogen) atoms. The maximum atomic E-state index is 13.6. The molecular weight excluding hydrogens is 412 g/mol. The van der Waals surface area contributed by atoms with Crippen LogP contribution in [0.1, 0.15) is 34.5 Å². The lowest BCUT2D eigenvalue weighted by Crippen LogP contribution is -2.33. The number of nitrogen functional groups attached to an aromatic ring is 1. The highest BCUT2D eigenvalue weighted by molar-refractivity contribution is 6.35. The number of carbonyl (C=O) groups is 1. The Labute approximate surface area is 183 Å². The Bertz CT molecular complexity index is 1380. The van der Waals surface area contributed by atoms with Crippen LogP contribution in [0.5, 0.6) is 0 Å². The van der Waals surface area contributed by atoms with Crippen LogP contribution in [-0.2, 0) is 13.6 Å². The minimum absolute atomic E-state index is 0.135. The Morgan fingerprint density at radius 2 is 2.13 bits per heavy atom. The summed E-state index contributed by atoms with van der Waals surface area (Å²) in [6.45, 7) is 0.393. The zero-order valence-corrected chi connectivity index (χ0v) is 17.6. The van der Waals surface area contributed by atoms with Crippen molar-refractivity contribution in [3.63, 3.8) is 0 Å². The molecule has 0 unspecified atom stereocenters. The van der Waals surface area contributed by atoms with Gasteiger partial charge in [-0.25, -0.2) is 4.98 Å². The molecule has 1 aliphatic carbocycles. The number of anilines is 1. The molecule has 0 radical (unpaired) electrons. The lowest BCUT2D eigenvalue weighted by atomic mass is 10.1. The van der Waals surface area contributed by atoms with Crippen molar-refractivity contribution in [3.8, 4) is 12.3 Å². The van der Waals surface area contributed by atoms with Crippen LogP contribution in [0.15, 0.2) is 36.7 Å². The van der Waals surface area contributed by atoms with E-state index in [1.54, 1.807) is 29.2 Å². The maximum Gasteiger partial charge on any atom is 0.255 e. The van der Waals surface area contributed by atoms with Gasteiger partial charge in [-0.15, -0.1) is 6.42 Å². The van der Waals surface area contributed by atoms with Gasteiger partial charge in [0.2, 0.25) is 0 Å². The molecule has 0 aliphatic heterocycles. The van der Waals surface area contributed by atoms with E-state index < -0.39 is 0 Å². The predicted molar refractivity (Wildman–Crippen MR) is 121 cm³/mol. The van der Waals surface area contributed by atoms with Crippen LogP contribution in [0.2, 0.25) is 5.02 Å². The summed E-state index contributed by atoms with van der Waals surface area (Å²) in [5, 5.41) is 6.16. The van der Waals surface area contributed by atoms with E-state index in [1.165, 1.54) is 0 Å². The number of amides is 1. The van der Waals surface area contributed by atoms with Crippen molar-refractivity contribution >= 4 is 45.1 Å². The number of nitrogens with zero attached hydrogens (tertiary/aromatic N) is 5. The number of nitrogens with two attached hydrogens (primary N) is 1. The SMILES string of the molecule is C#Cc1ccc(CN(C(=O)c2cc3c(cc2Cl)nc(N)c2cnn(C)c23)C2CC2)nc1. The molecule has 0 saturated heterocycles. The fraction of sp³-hybridized carbons (Fsp3) is 0.217. The minimum Gasteiger partial charge on any atom is -0.383 e. The van der Waals surface area contributed by atoms with E-state index in [4.69, 9.17) is 23.8 Å². The third-order valence-corrected chi connectivity index (χ3v) is 5.91. The van der Waals surface area contributed by atoms with E-state index in [1.807, 2.05) is 24.1 Å². The molecule has 1 fully saturated rings. The molecule has 154 valence electrons. The molecule has 1 aromatic carbocycles. The summed E-state index contributed by atoms with van der Waals surface area (Å²) >= 11 is 6.54. The minimum atomic E-state index is -0.135. The van der Waals surface area contributed by atoms with E-state index in [2.05, 4.69) is 21.0 Å². The molecule has 0 atom stereocenters. The normalized spacial score (nSPS) is 13.5. The number of pyridine rings is 2. The van der Waals surface area contributed by atoms with Crippen molar-refractivity contribution in [2.45, 2.75) is 25.4 Å². The lowest BCUT2D eigenvalue weighted by Gasteiger charge is -2.23. The molecule has 3 aromatic heterocycles. The van der Waals surface area contributed by atoms with Gasteiger partial charge in [0, 0.05) is 30.2 Å². The molecule has 1 saturated carbocycles. The van der Waals surface area contributed by atoms with E-state index in [0.29, 0.717) is 34.0 Å². The molecular formula is C23H19ClN6O. The molecule has 3 heterocycles. The molecule has 1 aliphatic rings. The summed E-state index contributed by atoms with van der Waals surface area (Å²) in [6.07, 6.45) is 10.7. The van der Waals surface area contributed by atoms with Gasteiger partial charge in [-0.1, -0.05) is 17.5 Å². The number of rotatable bonds is 4. The second-order valence-electron chi connectivity index (χ2n) is 7.72. The molecule has 8 heteroatoms. The number of aryl methyl sites for hydroxylation is 1. The van der Waals surface area contributed by atoms with Gasteiger partial charge in [-0.2, -0.15) is 5.10 Å². The molecule has 0 bridgehead atoms. The van der Waals surface area contributed by atoms with E-state index in [-0.39, 0.29) is 11.9 Å². The van der Waals surface area contributed by atoms with Gasteiger partial charge in [0.05, 0.1) is 45.4 Å². The second-order valence-corrected chi connectivity index (χ2v) is 8.13. The molecule has 5 rings (SSSR count). The third-order valence-electron chi connectivity index (χ3n) is 5.60. The Kier molecular flexibility index (Phi) is 4.53. The Balaban J connectivity index is 1.57. The maximum absolute atomic E-state index is 13.6. The fourth-order valence-corrected chi connectivity index (χ4v) is 4.07. The van der Waals surface area contributed by atoms with Crippen LogP contribution >= 0.6 is 11.6 Å². The molecule has 2 N–H and O–H groups in total. The number of carbonyl (C=O) groups excluding carboxylic acids is 1. The van der Waals surface area contributed by atoms with E-state index >= 15 is 0 Å². The quantitative estimate of drug-likeness (QED) is 0.500. The summed E-state index contributed by atoms with van der Waals surface area (Å²) in [5.41, 5.74) is 9.44. The number of hydrogen-bond donors (Lipinski definition) is 1. The van der Waals surface area contributed by atoms with Gasteiger partial charge in [0.1, 0.15) is 5.82 Å². The first-order chi connectivity index (χ1) is 15.0. The van der Waals surface area contributed by atoms with Gasteiger partial charge in [-0.05, 0) is 37.1 Å². The van der Waals surface area contributed by atoms with Crippen molar-refractivity contribution in [3.05, 3.63) is 58.5 Å². The predicted octanol–water partition coefficient (Wildman–Crippen LogP) is 3.54. The van der Waals surface area contributed by atoms with Crippen LogP contribution in [-0.4, -0.2) is 36.6 Å². The molecule has 7 nitrogen and oxygen atoms in total. The zero-order chi connectivity index (χ0) is 21.7. The topological polar surface area (TPSA) is 89.9 Å². The number of hydrogen-bond acceptors (Lipinski definition) is 5. The fourth-order valence-electron chi connectivity index (χ4n) is 3.83. The Morgan fingerprint density at radius 3 is 2.81 bits per heavy atom. The average molecular weight is 431 g/mol. The number of fused-ring (bicyclic) bond motifs is 3. The van der Waals surface area contributed by atoms with Gasteiger partial charge in [0.25, 0.3) is 5.91 Å². The first kappa shape index (κ1) is 19.3. The van der Waals surface area contributed by atoms with Crippen molar-refractivity contribution in [1.29, 1.82) is 0 Å². The molecule has 1 amide bonds. The van der Waals surface area contributed by atoms with Crippen molar-refractivity contribution in [1.82, 2.24) is 24.6 Å². The zero-order valence-electron chi connectivity index (χ0n) is 16.8. The highest BCUT2D eigenvalue weighted by Gasteiger charge is 2.34. The Hall–Kier alpha value is -3.63. The third kappa shape index (κ3) is 3.35. The van der Waals surface area contributed by atoms with Crippen LogP contribution < -0.4 is 5.73 Å². The van der Waals surface area contributed by atoms with Crippen molar-refractivity contribution < 1.29 is 4.79 Å². The van der Waals surface area contributed by atoms with Gasteiger partial charge in [0.15, 0.2) is 0 Å². The summed E-state index contributed by atoms with van der Waals surface area (Å²) in [5.74, 6) is 2.80. The summed E-state index contributed by atoms with van der Waals surface area (Å²) in [7, 11) is 1.83. The monoisotopic (exact) mass is 430 g/mol. The van der Waals surface area contributed by atoms with Gasteiger partial charge >= 0.3 is 0 Å². The van der Waals surface area contributed by atoms with E-state index in [0.717, 1.165) is 34.8 Å². The van der Waals surface area contributed by atoms with Crippen LogP contribution in [0.25, 0.3) is 21.8 Å². The summed E-state index contributed by atoms with van der Waals surface area (Å²) < 4.78 is 1.73. The number of aromatic nitrogens is 4. The number of halogens is 1. The Morgan fingerprint density at radius 1 is 1.32 bits per heavy atom. The second kappa shape index (κ2) is 7.25. The van der Waals surface area contributed by atoms with Crippen LogP contribution in [0.4, 0.5) is 5.82 Å². The molecule has 0 spiro atoms. The largest absolute Gasteiger partial charge is 0.383 e. The number of benzene rings is 1. The van der Waals surface area contributed by atoms with E-state index in [9.17, 15) is 4.79 Å². The average Bonchev–Trinajstić information content (AvgIpc) is 3.53. The highest BCUT2D eigenvalue weighted by atomic mass is 35.5. The van der Waals surface area contributed by atoms with Crippen molar-refractivity contribution in [2.24, 2.45) is 7.05 Å². The van der Waals surface area contributed by atoms with Crippen LogP contribution in [0, 0.1) is 12.3 Å². The first-order valence-corrected chi connectivity index (χ1v) is 10.3. The summed E-state index contributed by atoms with van der Waals surface area (Å²) in [4.78, 5) is 24.2. The smallest absolute Gasteiger partial charge is 0.255 e. The highest BCUT2D eigenvalue weighted by Crippen LogP contribution is 2.34.